The first-order valence-electron chi connectivity index (χ1n) is 6.08. The molecule has 0 bridgehead atoms. The van der Waals surface area contributed by atoms with Gasteiger partial charge in [-0.3, -0.25) is 0 Å². The third-order valence-electron chi connectivity index (χ3n) is 3.34. The minimum absolute atomic E-state index is 0.0354. The van der Waals surface area contributed by atoms with Gasteiger partial charge in [0.1, 0.15) is 16.4 Å². The summed E-state index contributed by atoms with van der Waals surface area (Å²) in [5, 5.41) is 19.4. The summed E-state index contributed by atoms with van der Waals surface area (Å²) in [6, 6.07) is 6.95. The monoisotopic (exact) mass is 292 g/mol. The number of aromatic hydroxyl groups is 2. The van der Waals surface area contributed by atoms with Crippen LogP contribution >= 0.6 is 0 Å². The first-order chi connectivity index (χ1) is 9.23. The minimum Gasteiger partial charge on any atom is -0.508 e. The van der Waals surface area contributed by atoms with E-state index in [0.29, 0.717) is 5.56 Å². The molecule has 0 heterocycles. The van der Waals surface area contributed by atoms with Gasteiger partial charge in [0.25, 0.3) is 0 Å². The van der Waals surface area contributed by atoms with Crippen molar-refractivity contribution < 1.29 is 18.6 Å². The summed E-state index contributed by atoms with van der Waals surface area (Å²) < 4.78 is 25.1. The van der Waals surface area contributed by atoms with Crippen LogP contribution in [0.2, 0.25) is 0 Å². The quantitative estimate of drug-likeness (QED) is 0.892. The number of rotatable bonds is 2. The van der Waals surface area contributed by atoms with Crippen LogP contribution in [0.1, 0.15) is 16.7 Å². The number of hydrogen-bond donors (Lipinski definition) is 2. The smallest absolute Gasteiger partial charge is 0.210 e. The van der Waals surface area contributed by atoms with Gasteiger partial charge < -0.3 is 10.2 Å². The third kappa shape index (κ3) is 2.36. The van der Waals surface area contributed by atoms with E-state index in [1.807, 2.05) is 0 Å². The van der Waals surface area contributed by atoms with Crippen molar-refractivity contribution in [2.75, 3.05) is 0 Å². The standard InChI is InChI=1S/C15H16O4S/c1-9-7-14(17)15(8-10(9)2)20(18,19)12-4-5-13(16)11(3)6-12/h4-8,16-17H,1-3H3. The molecule has 0 aliphatic heterocycles. The molecular formula is C15H16O4S. The fourth-order valence-electron chi connectivity index (χ4n) is 1.91. The molecule has 106 valence electrons. The number of sulfone groups is 1. The van der Waals surface area contributed by atoms with Crippen LogP contribution in [-0.4, -0.2) is 18.6 Å². The Labute approximate surface area is 118 Å². The van der Waals surface area contributed by atoms with Crippen LogP contribution in [0.25, 0.3) is 0 Å². The Morgan fingerprint density at radius 1 is 0.800 bits per heavy atom. The van der Waals surface area contributed by atoms with Crippen molar-refractivity contribution in [2.45, 2.75) is 30.6 Å². The van der Waals surface area contributed by atoms with Crippen LogP contribution in [0, 0.1) is 20.8 Å². The van der Waals surface area contributed by atoms with Gasteiger partial charge in [-0.25, -0.2) is 8.42 Å². The summed E-state index contributed by atoms with van der Waals surface area (Å²) in [4.78, 5) is -0.0722. The molecule has 4 nitrogen and oxygen atoms in total. The fourth-order valence-corrected chi connectivity index (χ4v) is 3.41. The predicted octanol–water partition coefficient (Wildman–Crippen LogP) is 2.86. The molecule has 2 N–H and O–H groups in total. The maximum Gasteiger partial charge on any atom is 0.210 e. The molecule has 0 fully saturated rings. The third-order valence-corrected chi connectivity index (χ3v) is 5.12. The van der Waals surface area contributed by atoms with Gasteiger partial charge in [-0.05, 0) is 67.8 Å². The average Bonchev–Trinajstić information content (AvgIpc) is 2.36. The van der Waals surface area contributed by atoms with Gasteiger partial charge in [-0.2, -0.15) is 0 Å². The van der Waals surface area contributed by atoms with E-state index >= 15 is 0 Å². The summed E-state index contributed by atoms with van der Waals surface area (Å²) in [7, 11) is -3.81. The SMILES string of the molecule is Cc1cc(O)c(S(=O)(=O)c2ccc(O)c(C)c2)cc1C. The number of aryl methyl sites for hydroxylation is 3. The first-order valence-corrected chi connectivity index (χ1v) is 7.56. The van der Waals surface area contributed by atoms with E-state index in [1.165, 1.54) is 30.3 Å². The zero-order valence-electron chi connectivity index (χ0n) is 11.5. The largest absolute Gasteiger partial charge is 0.508 e. The molecule has 2 aromatic rings. The van der Waals surface area contributed by atoms with Crippen molar-refractivity contribution in [3.05, 3.63) is 47.0 Å². The highest BCUT2D eigenvalue weighted by atomic mass is 32.2. The molecule has 0 saturated carbocycles. The Kier molecular flexibility index (Phi) is 3.48. The van der Waals surface area contributed by atoms with Gasteiger partial charge in [0.05, 0.1) is 4.90 Å². The molecule has 2 rings (SSSR count). The van der Waals surface area contributed by atoms with Crippen LogP contribution in [0.3, 0.4) is 0 Å². The molecule has 20 heavy (non-hydrogen) atoms. The van der Waals surface area contributed by atoms with Crippen LogP contribution in [0.5, 0.6) is 11.5 Å². The highest BCUT2D eigenvalue weighted by Crippen LogP contribution is 2.32. The van der Waals surface area contributed by atoms with E-state index in [2.05, 4.69) is 0 Å². The van der Waals surface area contributed by atoms with Gasteiger partial charge in [0.15, 0.2) is 0 Å². The second kappa shape index (κ2) is 4.83. The summed E-state index contributed by atoms with van der Waals surface area (Å²) in [5.41, 5.74) is 2.08. The molecule has 0 aliphatic carbocycles. The molecule has 5 heteroatoms. The lowest BCUT2D eigenvalue weighted by atomic mass is 10.1. The van der Waals surface area contributed by atoms with Crippen molar-refractivity contribution >= 4 is 9.84 Å². The van der Waals surface area contributed by atoms with E-state index < -0.39 is 9.84 Å². The minimum atomic E-state index is -3.81. The fraction of sp³-hybridized carbons (Fsp3) is 0.200. The predicted molar refractivity (Wildman–Crippen MR) is 75.9 cm³/mol. The molecule has 0 saturated heterocycles. The summed E-state index contributed by atoms with van der Waals surface area (Å²) in [6.07, 6.45) is 0. The van der Waals surface area contributed by atoms with Crippen molar-refractivity contribution in [1.29, 1.82) is 0 Å². The van der Waals surface area contributed by atoms with Gasteiger partial charge >= 0.3 is 0 Å². The molecule has 0 aromatic heterocycles. The van der Waals surface area contributed by atoms with Gasteiger partial charge in [-0.1, -0.05) is 0 Å². The van der Waals surface area contributed by atoms with Crippen molar-refractivity contribution in [2.24, 2.45) is 0 Å². The molecule has 0 radical (unpaired) electrons. The maximum atomic E-state index is 12.5. The first kappa shape index (κ1) is 14.4. The highest BCUT2D eigenvalue weighted by molar-refractivity contribution is 7.91. The molecule has 0 aliphatic rings. The van der Waals surface area contributed by atoms with Gasteiger partial charge in [0, 0.05) is 0 Å². The molecule has 0 unspecified atom stereocenters. The molecule has 0 amide bonds. The summed E-state index contributed by atoms with van der Waals surface area (Å²) in [5.74, 6) is -0.230. The van der Waals surface area contributed by atoms with E-state index in [9.17, 15) is 18.6 Å². The Morgan fingerprint density at radius 2 is 1.40 bits per heavy atom. The van der Waals surface area contributed by atoms with E-state index in [0.717, 1.165) is 11.1 Å². The average molecular weight is 292 g/mol. The zero-order chi connectivity index (χ0) is 15.1. The normalized spacial score (nSPS) is 11.6. The van der Waals surface area contributed by atoms with Crippen molar-refractivity contribution in [3.8, 4) is 11.5 Å². The van der Waals surface area contributed by atoms with Crippen molar-refractivity contribution in [3.63, 3.8) is 0 Å². The van der Waals surface area contributed by atoms with Crippen LogP contribution in [-0.2, 0) is 9.84 Å². The Balaban J connectivity index is 2.66. The lowest BCUT2D eigenvalue weighted by molar-refractivity contribution is 0.458. The van der Waals surface area contributed by atoms with Crippen LogP contribution in [0.15, 0.2) is 40.1 Å². The van der Waals surface area contributed by atoms with Gasteiger partial charge in [-0.15, -0.1) is 0 Å². The lowest BCUT2D eigenvalue weighted by Gasteiger charge is -2.10. The number of phenolic OH excluding ortho intramolecular Hbond substituents is 2. The Morgan fingerprint density at radius 3 is 2.00 bits per heavy atom. The summed E-state index contributed by atoms with van der Waals surface area (Å²) >= 11 is 0. The number of hydrogen-bond acceptors (Lipinski definition) is 4. The Bertz CT molecular complexity index is 777. The second-order valence-electron chi connectivity index (χ2n) is 4.86. The molecule has 0 atom stereocenters. The van der Waals surface area contributed by atoms with E-state index in [1.54, 1.807) is 20.8 Å². The van der Waals surface area contributed by atoms with Crippen molar-refractivity contribution in [1.82, 2.24) is 0 Å². The summed E-state index contributed by atoms with van der Waals surface area (Å²) in [6.45, 7) is 5.21. The van der Waals surface area contributed by atoms with Crippen LogP contribution in [0.4, 0.5) is 0 Å². The van der Waals surface area contributed by atoms with Gasteiger partial charge in [0.2, 0.25) is 9.84 Å². The Hall–Kier alpha value is -2.01. The topological polar surface area (TPSA) is 74.6 Å². The van der Waals surface area contributed by atoms with E-state index in [-0.39, 0.29) is 21.3 Å². The van der Waals surface area contributed by atoms with Crippen LogP contribution < -0.4 is 0 Å². The zero-order valence-corrected chi connectivity index (χ0v) is 12.3. The molecule has 0 spiro atoms. The maximum absolute atomic E-state index is 12.5. The second-order valence-corrected chi connectivity index (χ2v) is 6.77. The molecule has 2 aromatic carbocycles. The number of phenols is 2. The van der Waals surface area contributed by atoms with E-state index in [4.69, 9.17) is 0 Å². The lowest BCUT2D eigenvalue weighted by Crippen LogP contribution is -2.04. The highest BCUT2D eigenvalue weighted by Gasteiger charge is 2.22. The number of benzene rings is 2. The molecular weight excluding hydrogens is 276 g/mol.